The molecule has 0 fully saturated rings. The molecule has 19 heavy (non-hydrogen) atoms. The minimum atomic E-state index is 0.0762. The van der Waals surface area contributed by atoms with E-state index in [4.69, 9.17) is 26.8 Å². The number of benzene rings is 1. The summed E-state index contributed by atoms with van der Waals surface area (Å²) in [5.74, 6) is 1.19. The van der Waals surface area contributed by atoms with E-state index in [1.54, 1.807) is 14.2 Å². The third-order valence-electron chi connectivity index (χ3n) is 3.21. The van der Waals surface area contributed by atoms with Gasteiger partial charge in [0, 0.05) is 12.6 Å². The van der Waals surface area contributed by atoms with Crippen LogP contribution in [0.1, 0.15) is 24.9 Å². The number of nitrogens with zero attached hydrogens (tertiary/aromatic N) is 1. The Labute approximate surface area is 120 Å². The maximum atomic E-state index is 6.42. The summed E-state index contributed by atoms with van der Waals surface area (Å²) in [5.41, 5.74) is 6.86. The second kappa shape index (κ2) is 7.58. The van der Waals surface area contributed by atoms with Gasteiger partial charge in [-0.05, 0) is 31.6 Å². The molecule has 4 nitrogen and oxygen atoms in total. The van der Waals surface area contributed by atoms with E-state index in [9.17, 15) is 0 Å². The average Bonchev–Trinajstić information content (AvgIpc) is 2.41. The van der Waals surface area contributed by atoms with Crippen LogP contribution in [0, 0.1) is 0 Å². The summed E-state index contributed by atoms with van der Waals surface area (Å²) < 4.78 is 10.6. The van der Waals surface area contributed by atoms with Crippen molar-refractivity contribution in [2.45, 2.75) is 19.4 Å². The van der Waals surface area contributed by atoms with Crippen LogP contribution in [-0.4, -0.2) is 39.3 Å². The van der Waals surface area contributed by atoms with Crippen LogP contribution in [0.3, 0.4) is 0 Å². The van der Waals surface area contributed by atoms with Crippen molar-refractivity contribution in [3.63, 3.8) is 0 Å². The number of methoxy groups -OCH3 is 2. The monoisotopic (exact) mass is 286 g/mol. The lowest BCUT2D eigenvalue weighted by molar-refractivity contribution is 0.250. The van der Waals surface area contributed by atoms with Crippen LogP contribution in [0.2, 0.25) is 5.02 Å². The highest BCUT2D eigenvalue weighted by atomic mass is 35.5. The van der Waals surface area contributed by atoms with Crippen LogP contribution in [-0.2, 0) is 0 Å². The Hall–Kier alpha value is -0.970. The van der Waals surface area contributed by atoms with Crippen molar-refractivity contribution in [1.29, 1.82) is 0 Å². The first-order valence-corrected chi connectivity index (χ1v) is 6.79. The van der Waals surface area contributed by atoms with Crippen LogP contribution in [0.15, 0.2) is 12.1 Å². The van der Waals surface area contributed by atoms with E-state index in [2.05, 4.69) is 11.8 Å². The van der Waals surface area contributed by atoms with Gasteiger partial charge >= 0.3 is 0 Å². The van der Waals surface area contributed by atoms with Gasteiger partial charge < -0.3 is 15.2 Å². The lowest BCUT2D eigenvalue weighted by Gasteiger charge is -2.28. The second-order valence-electron chi connectivity index (χ2n) is 4.44. The first-order chi connectivity index (χ1) is 9.10. The fourth-order valence-electron chi connectivity index (χ4n) is 2.21. The molecule has 0 heterocycles. The Morgan fingerprint density at radius 3 is 2.47 bits per heavy atom. The standard InChI is InChI=1S/C14H23ClN2O2/c1-5-8-17(2)11(9-16)10-6-7-12(18-3)14(19-4)13(10)15/h6-7,11H,5,8-9,16H2,1-4H3. The number of ether oxygens (including phenoxy) is 2. The average molecular weight is 287 g/mol. The van der Waals surface area contributed by atoms with Gasteiger partial charge in [0.05, 0.1) is 19.2 Å². The molecule has 0 aliphatic rings. The van der Waals surface area contributed by atoms with Crippen LogP contribution in [0.4, 0.5) is 0 Å². The molecule has 5 heteroatoms. The molecule has 0 saturated heterocycles. The molecule has 0 aliphatic heterocycles. The highest BCUT2D eigenvalue weighted by Crippen LogP contribution is 2.40. The summed E-state index contributed by atoms with van der Waals surface area (Å²) in [7, 11) is 5.23. The fourth-order valence-corrected chi connectivity index (χ4v) is 2.57. The third-order valence-corrected chi connectivity index (χ3v) is 3.60. The minimum absolute atomic E-state index is 0.0762. The highest BCUT2D eigenvalue weighted by molar-refractivity contribution is 6.33. The summed E-state index contributed by atoms with van der Waals surface area (Å²) in [6, 6.07) is 3.89. The predicted octanol–water partition coefficient (Wildman–Crippen LogP) is 2.70. The van der Waals surface area contributed by atoms with Gasteiger partial charge in [-0.25, -0.2) is 0 Å². The molecule has 1 rings (SSSR count). The second-order valence-corrected chi connectivity index (χ2v) is 4.81. The van der Waals surface area contributed by atoms with Crippen molar-refractivity contribution < 1.29 is 9.47 Å². The molecule has 0 radical (unpaired) electrons. The third kappa shape index (κ3) is 3.53. The molecule has 0 aromatic heterocycles. The highest BCUT2D eigenvalue weighted by Gasteiger charge is 2.22. The van der Waals surface area contributed by atoms with Crippen molar-refractivity contribution in [2.75, 3.05) is 34.4 Å². The van der Waals surface area contributed by atoms with E-state index >= 15 is 0 Å². The van der Waals surface area contributed by atoms with Gasteiger partial charge in [-0.2, -0.15) is 0 Å². The molecule has 1 atom stereocenters. The van der Waals surface area contributed by atoms with Crippen molar-refractivity contribution >= 4 is 11.6 Å². The molecule has 2 N–H and O–H groups in total. The summed E-state index contributed by atoms with van der Waals surface area (Å²) in [6.45, 7) is 3.61. The summed E-state index contributed by atoms with van der Waals surface area (Å²) >= 11 is 6.42. The van der Waals surface area contributed by atoms with E-state index in [-0.39, 0.29) is 6.04 Å². The Bertz CT molecular complexity index is 413. The number of hydrogen-bond donors (Lipinski definition) is 1. The number of hydrogen-bond acceptors (Lipinski definition) is 4. The van der Waals surface area contributed by atoms with Gasteiger partial charge in [0.15, 0.2) is 11.5 Å². The number of likely N-dealkylation sites (N-methyl/N-ethyl adjacent to an activating group) is 1. The number of nitrogens with two attached hydrogens (primary N) is 1. The van der Waals surface area contributed by atoms with Gasteiger partial charge in [0.2, 0.25) is 0 Å². The SMILES string of the molecule is CCCN(C)C(CN)c1ccc(OC)c(OC)c1Cl. The molecule has 0 saturated carbocycles. The predicted molar refractivity (Wildman–Crippen MR) is 79.3 cm³/mol. The summed E-state index contributed by atoms with van der Waals surface area (Å²) in [4.78, 5) is 2.20. The van der Waals surface area contributed by atoms with Gasteiger partial charge in [-0.1, -0.05) is 24.6 Å². The molecular weight excluding hydrogens is 264 g/mol. The zero-order valence-electron chi connectivity index (χ0n) is 12.1. The van der Waals surface area contributed by atoms with Crippen LogP contribution in [0.5, 0.6) is 11.5 Å². The number of rotatable bonds is 7. The van der Waals surface area contributed by atoms with Gasteiger partial charge in [-0.15, -0.1) is 0 Å². The molecule has 0 spiro atoms. The quantitative estimate of drug-likeness (QED) is 0.837. The topological polar surface area (TPSA) is 47.7 Å². The van der Waals surface area contributed by atoms with Gasteiger partial charge in [-0.3, -0.25) is 4.90 Å². The molecule has 0 amide bonds. The molecule has 0 bridgehead atoms. The Morgan fingerprint density at radius 1 is 1.32 bits per heavy atom. The van der Waals surface area contributed by atoms with E-state index in [1.165, 1.54) is 0 Å². The summed E-state index contributed by atoms with van der Waals surface area (Å²) in [6.07, 6.45) is 1.07. The Morgan fingerprint density at radius 2 is 2.00 bits per heavy atom. The first-order valence-electron chi connectivity index (χ1n) is 6.41. The van der Waals surface area contributed by atoms with Gasteiger partial charge in [0.1, 0.15) is 0 Å². The summed E-state index contributed by atoms with van der Waals surface area (Å²) in [5, 5.41) is 0.570. The maximum Gasteiger partial charge on any atom is 0.179 e. The maximum absolute atomic E-state index is 6.42. The van der Waals surface area contributed by atoms with Crippen molar-refractivity contribution in [2.24, 2.45) is 5.73 Å². The molecule has 1 unspecified atom stereocenters. The van der Waals surface area contributed by atoms with Crippen molar-refractivity contribution in [3.8, 4) is 11.5 Å². The van der Waals surface area contributed by atoms with Gasteiger partial charge in [0.25, 0.3) is 0 Å². The first kappa shape index (κ1) is 16.1. The molecule has 1 aromatic carbocycles. The zero-order chi connectivity index (χ0) is 14.4. The molecule has 1 aromatic rings. The van der Waals surface area contributed by atoms with Crippen molar-refractivity contribution in [1.82, 2.24) is 4.90 Å². The Balaban J connectivity index is 3.18. The smallest absolute Gasteiger partial charge is 0.179 e. The molecule has 108 valence electrons. The van der Waals surface area contributed by atoms with E-state index < -0.39 is 0 Å². The van der Waals surface area contributed by atoms with Crippen LogP contribution >= 0.6 is 11.6 Å². The van der Waals surface area contributed by atoms with Crippen LogP contribution in [0.25, 0.3) is 0 Å². The molecular formula is C14H23ClN2O2. The fraction of sp³-hybridized carbons (Fsp3) is 0.571. The van der Waals surface area contributed by atoms with Crippen LogP contribution < -0.4 is 15.2 Å². The van der Waals surface area contributed by atoms with E-state index in [0.29, 0.717) is 23.1 Å². The Kier molecular flexibility index (Phi) is 6.42. The molecule has 0 aliphatic carbocycles. The zero-order valence-corrected chi connectivity index (χ0v) is 12.8. The lowest BCUT2D eigenvalue weighted by atomic mass is 10.0. The van der Waals surface area contributed by atoms with E-state index in [1.807, 2.05) is 19.2 Å². The van der Waals surface area contributed by atoms with E-state index in [0.717, 1.165) is 18.5 Å². The normalized spacial score (nSPS) is 12.6. The largest absolute Gasteiger partial charge is 0.493 e. The van der Waals surface area contributed by atoms with Crippen molar-refractivity contribution in [3.05, 3.63) is 22.7 Å². The lowest BCUT2D eigenvalue weighted by Crippen LogP contribution is -2.31. The minimum Gasteiger partial charge on any atom is -0.493 e. The number of halogens is 1.